The number of anilines is 3. The van der Waals surface area contributed by atoms with E-state index in [1.54, 1.807) is 11.7 Å². The van der Waals surface area contributed by atoms with Crippen molar-refractivity contribution in [1.82, 2.24) is 30.0 Å². The molecular formula is C54H55N9O7S. The van der Waals surface area contributed by atoms with Crippen molar-refractivity contribution in [2.24, 2.45) is 13.0 Å². The number of thiazole rings is 1. The standard InChI is InChI=1S/C54H55N9O7S/c1-31-27-36(70-32(2)11-12-33-21-24-62(25-22-33)30-48(65)55-35-13-15-40-44(28-35)61(3)60-49(40)41-18-20-47(64)58-52(41)67)14-16-37(31)38-17-19-46(57-50(38)53(68)69)63-26-23-34-7-6-8-39(42(34)29-63)51(66)59-54-56-43-9-4-5-10-45(43)71-54/h4-10,13-17,19,27-28,32-33,41H,11-12,18,20-26,29-30H2,1-3H3,(H,55,65)(H,68,69)(H,56,59,66)(H,58,64,67)/t32-,41-/m1/s1. The lowest BCUT2D eigenvalue weighted by atomic mass is 9.91. The molecule has 6 heterocycles. The molecule has 71 heavy (non-hydrogen) atoms. The molecule has 4 N–H and O–H groups in total. The molecule has 3 aliphatic heterocycles. The van der Waals surface area contributed by atoms with Crippen LogP contribution in [-0.4, -0.2) is 91.6 Å². The Morgan fingerprint density at radius 1 is 0.901 bits per heavy atom. The molecule has 10 rings (SSSR count). The van der Waals surface area contributed by atoms with Crippen LogP contribution in [0.3, 0.4) is 0 Å². The minimum atomic E-state index is -1.12. The number of benzene rings is 4. The summed E-state index contributed by atoms with van der Waals surface area (Å²) in [5.74, 6) is -0.766. The molecule has 4 amide bonds. The molecule has 364 valence electrons. The molecule has 0 bridgehead atoms. The van der Waals surface area contributed by atoms with Crippen LogP contribution >= 0.6 is 11.3 Å². The van der Waals surface area contributed by atoms with Crippen molar-refractivity contribution < 1.29 is 33.8 Å². The van der Waals surface area contributed by atoms with Gasteiger partial charge in [0.25, 0.3) is 5.91 Å². The zero-order valence-corrected chi connectivity index (χ0v) is 40.7. The summed E-state index contributed by atoms with van der Waals surface area (Å²) in [5.41, 5.74) is 7.54. The highest BCUT2D eigenvalue weighted by atomic mass is 32.1. The first-order valence-electron chi connectivity index (χ1n) is 24.2. The van der Waals surface area contributed by atoms with Gasteiger partial charge in [-0.05, 0) is 154 Å². The Labute approximate surface area is 414 Å². The maximum absolute atomic E-state index is 13.6. The van der Waals surface area contributed by atoms with E-state index in [0.29, 0.717) is 77.6 Å². The number of rotatable bonds is 14. The van der Waals surface area contributed by atoms with Crippen molar-refractivity contribution in [3.63, 3.8) is 0 Å². The first kappa shape index (κ1) is 47.2. The monoisotopic (exact) mass is 973 g/mol. The number of para-hydroxylation sites is 1. The number of fused-ring (bicyclic) bond motifs is 3. The lowest BCUT2D eigenvalue weighted by Crippen LogP contribution is -2.39. The smallest absolute Gasteiger partial charge is 0.355 e. The third-order valence-corrected chi connectivity index (χ3v) is 15.0. The number of nitrogens with zero attached hydrogens (tertiary/aromatic N) is 6. The highest BCUT2D eigenvalue weighted by Gasteiger charge is 2.32. The number of carbonyl (C=O) groups is 5. The molecule has 4 aromatic carbocycles. The molecule has 3 aromatic heterocycles. The second kappa shape index (κ2) is 20.1. The van der Waals surface area contributed by atoms with E-state index in [9.17, 15) is 29.1 Å². The summed E-state index contributed by atoms with van der Waals surface area (Å²) in [5, 5.41) is 24.8. The first-order chi connectivity index (χ1) is 34.3. The van der Waals surface area contributed by atoms with Gasteiger partial charge in [-0.2, -0.15) is 5.10 Å². The number of aromatic carboxylic acids is 1. The van der Waals surface area contributed by atoms with Crippen LogP contribution in [0.4, 0.5) is 16.6 Å². The number of carboxylic acids is 1. The number of imide groups is 1. The fourth-order valence-electron chi connectivity index (χ4n) is 10.3. The summed E-state index contributed by atoms with van der Waals surface area (Å²) in [6.07, 6.45) is 5.20. The van der Waals surface area contributed by atoms with Crippen molar-refractivity contribution in [1.29, 1.82) is 0 Å². The largest absolute Gasteiger partial charge is 0.491 e. The lowest BCUT2D eigenvalue weighted by Gasteiger charge is -2.32. The van der Waals surface area contributed by atoms with Crippen LogP contribution in [0.25, 0.3) is 32.2 Å². The zero-order chi connectivity index (χ0) is 49.3. The molecule has 16 nitrogen and oxygen atoms in total. The Hall–Kier alpha value is -7.50. The van der Waals surface area contributed by atoms with E-state index < -0.39 is 11.9 Å². The van der Waals surface area contributed by atoms with E-state index in [0.717, 1.165) is 82.1 Å². The van der Waals surface area contributed by atoms with E-state index >= 15 is 0 Å². The zero-order valence-electron chi connectivity index (χ0n) is 39.9. The Bertz CT molecular complexity index is 3200. The molecule has 0 unspecified atom stereocenters. The molecule has 17 heteroatoms. The number of aryl methyl sites for hydroxylation is 2. The van der Waals surface area contributed by atoms with Crippen LogP contribution in [0.2, 0.25) is 0 Å². The number of pyridine rings is 1. The fraction of sp³-hybridized carbons (Fsp3) is 0.333. The molecule has 0 radical (unpaired) electrons. The highest BCUT2D eigenvalue weighted by Crippen LogP contribution is 2.35. The van der Waals surface area contributed by atoms with Gasteiger partial charge < -0.3 is 20.1 Å². The van der Waals surface area contributed by atoms with E-state index in [2.05, 4.69) is 37.9 Å². The van der Waals surface area contributed by atoms with E-state index in [4.69, 9.17) is 9.72 Å². The van der Waals surface area contributed by atoms with Crippen molar-refractivity contribution in [2.75, 3.05) is 41.7 Å². The number of carboxylic acid groups (broad SMARTS) is 1. The van der Waals surface area contributed by atoms with E-state index in [1.807, 2.05) is 103 Å². The molecule has 2 fully saturated rings. The molecule has 0 saturated carbocycles. The molecule has 0 spiro atoms. The van der Waals surface area contributed by atoms with Gasteiger partial charge in [-0.15, -0.1) is 0 Å². The van der Waals surface area contributed by atoms with Crippen molar-refractivity contribution in [2.45, 2.75) is 77.4 Å². The van der Waals surface area contributed by atoms with Gasteiger partial charge in [-0.1, -0.05) is 41.7 Å². The second-order valence-corrected chi connectivity index (χ2v) is 20.0. The molecular weight excluding hydrogens is 919 g/mol. The van der Waals surface area contributed by atoms with E-state index in [1.165, 1.54) is 11.3 Å². The molecule has 2 saturated heterocycles. The third-order valence-electron chi connectivity index (χ3n) is 14.1. The summed E-state index contributed by atoms with van der Waals surface area (Å²) in [6, 6.07) is 28.5. The number of carbonyl (C=O) groups excluding carboxylic acids is 4. The van der Waals surface area contributed by atoms with Crippen molar-refractivity contribution >= 4 is 78.7 Å². The number of piperidine rings is 2. The van der Waals surface area contributed by atoms with Gasteiger partial charge in [-0.3, -0.25) is 39.4 Å². The fourth-order valence-corrected chi connectivity index (χ4v) is 11.1. The maximum atomic E-state index is 13.6. The van der Waals surface area contributed by atoms with Crippen LogP contribution < -0.4 is 25.6 Å². The molecule has 7 aromatic rings. The van der Waals surface area contributed by atoms with Crippen LogP contribution in [0.1, 0.15) is 94.6 Å². The molecule has 2 atom stereocenters. The van der Waals surface area contributed by atoms with Gasteiger partial charge >= 0.3 is 5.97 Å². The SMILES string of the molecule is Cc1cc(O[C@H](C)CCC2CCN(CC(=O)Nc3ccc4c([C@H]5CCC(=O)NC5=O)nn(C)c4c3)CC2)ccc1-c1ccc(N2CCc3cccc(C(=O)Nc4nc5ccccc5s4)c3C2)nc1C(=O)O. The van der Waals surface area contributed by atoms with Gasteiger partial charge in [0.2, 0.25) is 17.7 Å². The number of hydrogen-bond donors (Lipinski definition) is 4. The number of nitrogens with one attached hydrogen (secondary N) is 3. The summed E-state index contributed by atoms with van der Waals surface area (Å²) < 4.78 is 9.09. The van der Waals surface area contributed by atoms with Crippen LogP contribution in [0.5, 0.6) is 5.75 Å². The highest BCUT2D eigenvalue weighted by molar-refractivity contribution is 7.22. The number of hydrogen-bond acceptors (Lipinski definition) is 12. The molecule has 3 aliphatic rings. The first-order valence-corrected chi connectivity index (χ1v) is 25.0. The topological polar surface area (TPSA) is 201 Å². The Morgan fingerprint density at radius 3 is 2.51 bits per heavy atom. The van der Waals surface area contributed by atoms with E-state index in [-0.39, 0.29) is 41.8 Å². The minimum Gasteiger partial charge on any atom is -0.491 e. The van der Waals surface area contributed by atoms with Crippen molar-refractivity contribution in [3.05, 3.63) is 125 Å². The third kappa shape index (κ3) is 10.2. The summed E-state index contributed by atoms with van der Waals surface area (Å²) >= 11 is 1.43. The predicted octanol–water partition coefficient (Wildman–Crippen LogP) is 8.49. The minimum absolute atomic E-state index is 0.0368. The summed E-state index contributed by atoms with van der Waals surface area (Å²) in [6.45, 7) is 7.00. The number of amides is 4. The summed E-state index contributed by atoms with van der Waals surface area (Å²) in [7, 11) is 1.81. The van der Waals surface area contributed by atoms with Gasteiger partial charge in [0.05, 0.1) is 40.0 Å². The average molecular weight is 974 g/mol. The number of ether oxygens (including phenoxy) is 1. The summed E-state index contributed by atoms with van der Waals surface area (Å²) in [4.78, 5) is 77.2. The van der Waals surface area contributed by atoms with Gasteiger partial charge in [0.15, 0.2) is 10.8 Å². The normalized spacial score (nSPS) is 16.9. The van der Waals surface area contributed by atoms with Crippen molar-refractivity contribution in [3.8, 4) is 16.9 Å². The lowest BCUT2D eigenvalue weighted by molar-refractivity contribution is -0.134. The Kier molecular flexibility index (Phi) is 13.3. The van der Waals surface area contributed by atoms with Crippen LogP contribution in [-0.2, 0) is 34.4 Å². The van der Waals surface area contributed by atoms with Gasteiger partial charge in [0.1, 0.15) is 11.6 Å². The number of likely N-dealkylation sites (tertiary alicyclic amines) is 1. The Balaban J connectivity index is 0.704. The maximum Gasteiger partial charge on any atom is 0.355 e. The Morgan fingerprint density at radius 2 is 1.72 bits per heavy atom. The average Bonchev–Trinajstić information content (AvgIpc) is 3.92. The predicted molar refractivity (Wildman–Crippen MR) is 273 cm³/mol. The van der Waals surface area contributed by atoms with Gasteiger partial charge in [0, 0.05) is 48.8 Å². The number of aromatic nitrogens is 4. The quantitative estimate of drug-likeness (QED) is 0.0759. The molecule has 0 aliphatic carbocycles. The van der Waals surface area contributed by atoms with Gasteiger partial charge in [-0.25, -0.2) is 14.8 Å². The van der Waals surface area contributed by atoms with Crippen LogP contribution in [0.15, 0.2) is 91.0 Å². The van der Waals surface area contributed by atoms with Crippen LogP contribution in [0, 0.1) is 12.8 Å². The second-order valence-electron chi connectivity index (χ2n) is 18.9.